The van der Waals surface area contributed by atoms with Crippen molar-refractivity contribution in [3.8, 4) is 0 Å². The molecule has 0 fully saturated rings. The van der Waals surface area contributed by atoms with Crippen LogP contribution in [0.4, 0.5) is 5.69 Å². The summed E-state index contributed by atoms with van der Waals surface area (Å²) in [6.45, 7) is 0.522. The molecule has 1 heterocycles. The average molecular weight is 424 g/mol. The fourth-order valence-corrected chi connectivity index (χ4v) is 3.04. The van der Waals surface area contributed by atoms with Crippen LogP contribution >= 0.6 is 15.9 Å². The minimum Gasteiger partial charge on any atom is -0.352 e. The Hall–Kier alpha value is -2.99. The summed E-state index contributed by atoms with van der Waals surface area (Å²) in [5.74, 6) is -0.450. The summed E-state index contributed by atoms with van der Waals surface area (Å²) in [4.78, 5) is 28.5. The zero-order valence-corrected chi connectivity index (χ0v) is 16.1. The highest BCUT2D eigenvalue weighted by Gasteiger charge is 2.09. The summed E-state index contributed by atoms with van der Waals surface area (Å²) in [5.41, 5.74) is 2.64. The molecule has 1 aromatic heterocycles. The molecule has 0 saturated carbocycles. The highest BCUT2D eigenvalue weighted by Crippen LogP contribution is 2.16. The van der Waals surface area contributed by atoms with Gasteiger partial charge in [0.05, 0.1) is 5.56 Å². The molecule has 0 saturated heterocycles. The van der Waals surface area contributed by atoms with E-state index in [0.717, 1.165) is 16.5 Å². The van der Waals surface area contributed by atoms with Gasteiger partial charge in [0.25, 0.3) is 11.8 Å². The fourth-order valence-electron chi connectivity index (χ4n) is 2.55. The number of anilines is 1. The first kappa shape index (κ1) is 18.8. The van der Waals surface area contributed by atoms with E-state index in [0.29, 0.717) is 23.4 Å². The van der Waals surface area contributed by atoms with Gasteiger partial charge >= 0.3 is 0 Å². The Balaban J connectivity index is 1.58. The van der Waals surface area contributed by atoms with Crippen molar-refractivity contribution in [2.45, 2.75) is 6.42 Å². The third-order valence-electron chi connectivity index (χ3n) is 3.94. The van der Waals surface area contributed by atoms with E-state index >= 15 is 0 Å². The number of carbonyl (C=O) groups excluding carboxylic acids is 2. The maximum Gasteiger partial charge on any atom is 0.257 e. The van der Waals surface area contributed by atoms with Crippen molar-refractivity contribution >= 4 is 33.4 Å². The number of hydrogen-bond acceptors (Lipinski definition) is 3. The zero-order valence-electron chi connectivity index (χ0n) is 14.5. The molecule has 136 valence electrons. The predicted molar refractivity (Wildman–Crippen MR) is 109 cm³/mol. The second kappa shape index (κ2) is 9.09. The summed E-state index contributed by atoms with van der Waals surface area (Å²) in [6, 6.07) is 18.2. The SMILES string of the molecule is O=C(NCCc1ccccc1Br)c1cccc(NC(=O)c2cccnc2)c1. The van der Waals surface area contributed by atoms with Crippen LogP contribution in [0.3, 0.4) is 0 Å². The highest BCUT2D eigenvalue weighted by atomic mass is 79.9. The largest absolute Gasteiger partial charge is 0.352 e. The van der Waals surface area contributed by atoms with Crippen molar-refractivity contribution in [2.75, 3.05) is 11.9 Å². The summed E-state index contributed by atoms with van der Waals surface area (Å²) in [6.07, 6.45) is 3.83. The average Bonchev–Trinajstić information content (AvgIpc) is 2.70. The third-order valence-corrected chi connectivity index (χ3v) is 4.72. The Kier molecular flexibility index (Phi) is 6.33. The molecule has 0 radical (unpaired) electrons. The third kappa shape index (κ3) is 5.24. The van der Waals surface area contributed by atoms with E-state index in [1.807, 2.05) is 24.3 Å². The van der Waals surface area contributed by atoms with Crippen LogP contribution in [-0.2, 0) is 6.42 Å². The Labute approximate surface area is 166 Å². The Morgan fingerprint density at radius 1 is 0.926 bits per heavy atom. The smallest absolute Gasteiger partial charge is 0.257 e. The van der Waals surface area contributed by atoms with Crippen LogP contribution in [0.25, 0.3) is 0 Å². The van der Waals surface area contributed by atoms with Gasteiger partial charge in [-0.3, -0.25) is 14.6 Å². The lowest BCUT2D eigenvalue weighted by atomic mass is 10.1. The molecule has 2 N–H and O–H groups in total. The lowest BCUT2D eigenvalue weighted by molar-refractivity contribution is 0.0952. The highest BCUT2D eigenvalue weighted by molar-refractivity contribution is 9.10. The molecule has 0 aliphatic rings. The first-order valence-corrected chi connectivity index (χ1v) is 9.26. The molecule has 2 aromatic carbocycles. The molecule has 27 heavy (non-hydrogen) atoms. The maximum absolute atomic E-state index is 12.4. The van der Waals surface area contributed by atoms with Crippen LogP contribution in [0.15, 0.2) is 77.5 Å². The number of halogens is 1. The van der Waals surface area contributed by atoms with Gasteiger partial charge in [0.1, 0.15) is 0 Å². The number of benzene rings is 2. The van der Waals surface area contributed by atoms with Crippen LogP contribution in [0.2, 0.25) is 0 Å². The summed E-state index contributed by atoms with van der Waals surface area (Å²) in [7, 11) is 0. The number of nitrogens with zero attached hydrogens (tertiary/aromatic N) is 1. The number of amides is 2. The number of hydrogen-bond donors (Lipinski definition) is 2. The van der Waals surface area contributed by atoms with E-state index in [4.69, 9.17) is 0 Å². The lowest BCUT2D eigenvalue weighted by Gasteiger charge is -2.09. The molecular weight excluding hydrogens is 406 g/mol. The van der Waals surface area contributed by atoms with Gasteiger partial charge in [-0.25, -0.2) is 0 Å². The normalized spacial score (nSPS) is 10.3. The van der Waals surface area contributed by atoms with Gasteiger partial charge in [0, 0.05) is 34.7 Å². The Bertz CT molecular complexity index is 945. The fraction of sp³-hybridized carbons (Fsp3) is 0.0952. The number of rotatable bonds is 6. The number of carbonyl (C=O) groups is 2. The second-order valence-electron chi connectivity index (χ2n) is 5.87. The van der Waals surface area contributed by atoms with Gasteiger partial charge in [0.15, 0.2) is 0 Å². The molecule has 0 atom stereocenters. The Morgan fingerprint density at radius 3 is 2.52 bits per heavy atom. The van der Waals surface area contributed by atoms with E-state index < -0.39 is 0 Å². The molecule has 0 bridgehead atoms. The number of aromatic nitrogens is 1. The first-order chi connectivity index (χ1) is 13.1. The molecular formula is C21H18BrN3O2. The lowest BCUT2D eigenvalue weighted by Crippen LogP contribution is -2.26. The van der Waals surface area contributed by atoms with Crippen molar-refractivity contribution in [2.24, 2.45) is 0 Å². The molecule has 3 aromatic rings. The first-order valence-electron chi connectivity index (χ1n) is 8.46. The topological polar surface area (TPSA) is 71.1 Å². The quantitative estimate of drug-likeness (QED) is 0.627. The molecule has 6 heteroatoms. The number of pyridine rings is 1. The molecule has 5 nitrogen and oxygen atoms in total. The summed E-state index contributed by atoms with van der Waals surface area (Å²) >= 11 is 3.50. The van der Waals surface area contributed by atoms with Crippen molar-refractivity contribution < 1.29 is 9.59 Å². The van der Waals surface area contributed by atoms with Gasteiger partial charge < -0.3 is 10.6 Å². The molecule has 3 rings (SSSR count). The molecule has 0 spiro atoms. The van der Waals surface area contributed by atoms with Crippen molar-refractivity contribution in [1.82, 2.24) is 10.3 Å². The summed E-state index contributed by atoms with van der Waals surface area (Å²) < 4.78 is 1.03. The number of nitrogens with one attached hydrogen (secondary N) is 2. The molecule has 0 aliphatic heterocycles. The van der Waals surface area contributed by atoms with Crippen LogP contribution in [0.5, 0.6) is 0 Å². The molecule has 2 amide bonds. The van der Waals surface area contributed by atoms with E-state index in [2.05, 4.69) is 31.5 Å². The van der Waals surface area contributed by atoms with E-state index in [1.165, 1.54) is 6.20 Å². The van der Waals surface area contributed by atoms with Crippen LogP contribution in [0.1, 0.15) is 26.3 Å². The van der Waals surface area contributed by atoms with Crippen molar-refractivity contribution in [3.63, 3.8) is 0 Å². The van der Waals surface area contributed by atoms with E-state index in [1.54, 1.807) is 42.6 Å². The minimum atomic E-state index is -0.269. The van der Waals surface area contributed by atoms with Crippen molar-refractivity contribution in [3.05, 3.63) is 94.2 Å². The predicted octanol–water partition coefficient (Wildman–Crippen LogP) is 4.07. The van der Waals surface area contributed by atoms with E-state index in [9.17, 15) is 9.59 Å². The van der Waals surface area contributed by atoms with Crippen LogP contribution in [0, 0.1) is 0 Å². The van der Waals surface area contributed by atoms with Gasteiger partial charge in [-0.15, -0.1) is 0 Å². The Morgan fingerprint density at radius 2 is 1.74 bits per heavy atom. The van der Waals surface area contributed by atoms with E-state index in [-0.39, 0.29) is 11.8 Å². The van der Waals surface area contributed by atoms with Crippen LogP contribution < -0.4 is 10.6 Å². The summed E-state index contributed by atoms with van der Waals surface area (Å²) in [5, 5.41) is 5.68. The van der Waals surface area contributed by atoms with Gasteiger partial charge in [-0.2, -0.15) is 0 Å². The van der Waals surface area contributed by atoms with Gasteiger partial charge in [0.2, 0.25) is 0 Å². The second-order valence-corrected chi connectivity index (χ2v) is 6.73. The molecule has 0 aliphatic carbocycles. The zero-order chi connectivity index (χ0) is 19.1. The van der Waals surface area contributed by atoms with Crippen LogP contribution in [-0.4, -0.2) is 23.3 Å². The standard InChI is InChI=1S/C21H18BrN3O2/c22-19-9-2-1-5-15(19)10-12-24-20(26)16-6-3-8-18(13-16)25-21(27)17-7-4-11-23-14-17/h1-9,11,13-14H,10,12H2,(H,24,26)(H,25,27). The van der Waals surface area contributed by atoms with Gasteiger partial charge in [-0.1, -0.05) is 40.2 Å². The maximum atomic E-state index is 12.4. The minimum absolute atomic E-state index is 0.181. The van der Waals surface area contributed by atoms with Gasteiger partial charge in [-0.05, 0) is 48.4 Å². The molecule has 0 unspecified atom stereocenters. The monoisotopic (exact) mass is 423 g/mol. The van der Waals surface area contributed by atoms with Crippen molar-refractivity contribution in [1.29, 1.82) is 0 Å².